The molecule has 1 atom stereocenters. The monoisotopic (exact) mass is 497 g/mol. The fraction of sp³-hybridized carbons (Fsp3) is 0.550. The lowest BCUT2D eigenvalue weighted by Gasteiger charge is -2.34. The van der Waals surface area contributed by atoms with Crippen molar-refractivity contribution in [3.05, 3.63) is 29.8 Å². The molecule has 0 aliphatic carbocycles. The second kappa shape index (κ2) is 10.5. The molecule has 1 aromatic heterocycles. The van der Waals surface area contributed by atoms with Crippen LogP contribution in [0.5, 0.6) is 0 Å². The molecule has 12 heteroatoms. The van der Waals surface area contributed by atoms with Crippen LogP contribution in [0.25, 0.3) is 0 Å². The Bertz CT molecular complexity index is 1010. The standard InChI is InChI=1S/C20H27N5O4S3/c1-15-4-6-17(7-5-15)32(27,28)25-10-8-24(9-11-25)18(26)14-30-20-23-22-19(31-20)21-13-16-3-2-12-29-16/h4-7,16H,2-3,8-14H2,1H3,(H,21,22). The number of sulfonamides is 1. The largest absolute Gasteiger partial charge is 0.376 e. The van der Waals surface area contributed by atoms with Crippen LogP contribution >= 0.6 is 23.1 Å². The second-order valence-electron chi connectivity index (χ2n) is 7.78. The highest BCUT2D eigenvalue weighted by molar-refractivity contribution is 8.01. The fourth-order valence-electron chi connectivity index (χ4n) is 3.60. The number of thioether (sulfide) groups is 1. The van der Waals surface area contributed by atoms with Crippen LogP contribution in [0.15, 0.2) is 33.5 Å². The number of nitrogens with one attached hydrogen (secondary N) is 1. The molecule has 0 saturated carbocycles. The molecule has 32 heavy (non-hydrogen) atoms. The number of benzene rings is 1. The first-order chi connectivity index (χ1) is 15.4. The highest BCUT2D eigenvalue weighted by atomic mass is 32.2. The van der Waals surface area contributed by atoms with Gasteiger partial charge in [0.25, 0.3) is 0 Å². The number of rotatable bonds is 8. The van der Waals surface area contributed by atoms with E-state index in [1.165, 1.54) is 27.4 Å². The Kier molecular flexibility index (Phi) is 7.66. The van der Waals surface area contributed by atoms with E-state index in [4.69, 9.17) is 4.74 Å². The zero-order valence-corrected chi connectivity index (χ0v) is 20.3. The Morgan fingerprint density at radius 1 is 1.22 bits per heavy atom. The molecule has 0 radical (unpaired) electrons. The van der Waals surface area contributed by atoms with Crippen molar-refractivity contribution in [2.75, 3.05) is 50.4 Å². The number of ether oxygens (including phenoxy) is 1. The Morgan fingerprint density at radius 3 is 2.66 bits per heavy atom. The molecule has 2 saturated heterocycles. The maximum absolute atomic E-state index is 12.8. The van der Waals surface area contributed by atoms with Crippen LogP contribution in [-0.4, -0.2) is 84.9 Å². The van der Waals surface area contributed by atoms with E-state index >= 15 is 0 Å². The van der Waals surface area contributed by atoms with Gasteiger partial charge in [-0.3, -0.25) is 4.79 Å². The minimum Gasteiger partial charge on any atom is -0.376 e. The van der Waals surface area contributed by atoms with Crippen LogP contribution in [0, 0.1) is 6.92 Å². The van der Waals surface area contributed by atoms with E-state index < -0.39 is 10.0 Å². The maximum atomic E-state index is 12.8. The number of carbonyl (C=O) groups is 1. The summed E-state index contributed by atoms with van der Waals surface area (Å²) >= 11 is 2.78. The molecule has 174 valence electrons. The van der Waals surface area contributed by atoms with Crippen LogP contribution in [0.3, 0.4) is 0 Å². The normalized spacial score (nSPS) is 19.9. The first kappa shape index (κ1) is 23.4. The zero-order valence-electron chi connectivity index (χ0n) is 17.9. The van der Waals surface area contributed by atoms with E-state index in [9.17, 15) is 13.2 Å². The van der Waals surface area contributed by atoms with Crippen LogP contribution < -0.4 is 5.32 Å². The summed E-state index contributed by atoms with van der Waals surface area (Å²) in [6, 6.07) is 6.84. The third-order valence-corrected chi connectivity index (χ3v) is 9.39. The summed E-state index contributed by atoms with van der Waals surface area (Å²) < 4.78 is 33.4. The molecule has 1 unspecified atom stereocenters. The van der Waals surface area contributed by atoms with E-state index in [2.05, 4.69) is 15.5 Å². The van der Waals surface area contributed by atoms with Crippen LogP contribution in [-0.2, 0) is 19.6 Å². The van der Waals surface area contributed by atoms with Gasteiger partial charge in [0.05, 0.1) is 16.8 Å². The molecule has 1 aromatic carbocycles. The van der Waals surface area contributed by atoms with Crippen molar-refractivity contribution in [1.29, 1.82) is 0 Å². The number of hydrogen-bond donors (Lipinski definition) is 1. The molecule has 1 amide bonds. The van der Waals surface area contributed by atoms with Gasteiger partial charge in [0, 0.05) is 39.3 Å². The summed E-state index contributed by atoms with van der Waals surface area (Å²) in [5, 5.41) is 12.2. The van der Waals surface area contributed by atoms with Gasteiger partial charge >= 0.3 is 0 Å². The predicted molar refractivity (Wildman–Crippen MR) is 125 cm³/mol. The van der Waals surface area contributed by atoms with Crippen LogP contribution in [0.4, 0.5) is 5.13 Å². The summed E-state index contributed by atoms with van der Waals surface area (Å²) in [6.45, 7) is 4.81. The SMILES string of the molecule is Cc1ccc(S(=O)(=O)N2CCN(C(=O)CSc3nnc(NCC4CCCO4)s3)CC2)cc1. The van der Waals surface area contributed by atoms with E-state index in [-0.39, 0.29) is 17.8 Å². The number of hydrogen-bond acceptors (Lipinski definition) is 9. The first-order valence-electron chi connectivity index (χ1n) is 10.6. The van der Waals surface area contributed by atoms with Crippen molar-refractivity contribution in [3.63, 3.8) is 0 Å². The first-order valence-corrected chi connectivity index (χ1v) is 13.8. The van der Waals surface area contributed by atoms with Gasteiger partial charge in [-0.25, -0.2) is 8.42 Å². The minimum absolute atomic E-state index is 0.0218. The number of nitrogens with zero attached hydrogens (tertiary/aromatic N) is 4. The van der Waals surface area contributed by atoms with Gasteiger partial charge in [-0.05, 0) is 31.9 Å². The number of anilines is 1. The minimum atomic E-state index is -3.53. The van der Waals surface area contributed by atoms with E-state index in [1.807, 2.05) is 6.92 Å². The van der Waals surface area contributed by atoms with Crippen molar-refractivity contribution < 1.29 is 17.9 Å². The smallest absolute Gasteiger partial charge is 0.243 e. The van der Waals surface area contributed by atoms with Gasteiger partial charge in [-0.15, -0.1) is 10.2 Å². The number of aromatic nitrogens is 2. The lowest BCUT2D eigenvalue weighted by atomic mass is 10.2. The van der Waals surface area contributed by atoms with Crippen LogP contribution in [0.2, 0.25) is 0 Å². The molecule has 2 aliphatic rings. The molecule has 1 N–H and O–H groups in total. The molecule has 2 aromatic rings. The van der Waals surface area contributed by atoms with Crippen LogP contribution in [0.1, 0.15) is 18.4 Å². The Morgan fingerprint density at radius 2 is 1.97 bits per heavy atom. The quantitative estimate of drug-likeness (QED) is 0.553. The van der Waals surface area contributed by atoms with Gasteiger partial charge in [0.15, 0.2) is 4.34 Å². The molecule has 0 bridgehead atoms. The lowest BCUT2D eigenvalue weighted by Crippen LogP contribution is -2.50. The number of piperazine rings is 1. The summed E-state index contributed by atoms with van der Waals surface area (Å²) in [6.07, 6.45) is 2.38. The summed E-state index contributed by atoms with van der Waals surface area (Å²) in [4.78, 5) is 14.6. The second-order valence-corrected chi connectivity index (χ2v) is 11.9. The molecule has 0 spiro atoms. The van der Waals surface area contributed by atoms with Gasteiger partial charge in [-0.1, -0.05) is 40.8 Å². The third-order valence-electron chi connectivity index (χ3n) is 5.48. The molecular weight excluding hydrogens is 470 g/mol. The van der Waals surface area contributed by atoms with E-state index in [0.29, 0.717) is 37.6 Å². The van der Waals surface area contributed by atoms with Crippen molar-refractivity contribution in [3.8, 4) is 0 Å². The average Bonchev–Trinajstić information content (AvgIpc) is 3.48. The molecule has 9 nitrogen and oxygen atoms in total. The van der Waals surface area contributed by atoms with Gasteiger partial charge in [0.1, 0.15) is 0 Å². The molecule has 3 heterocycles. The van der Waals surface area contributed by atoms with Gasteiger partial charge < -0.3 is 15.0 Å². The Balaban J connectivity index is 1.22. The summed E-state index contributed by atoms with van der Waals surface area (Å²) in [5.74, 6) is 0.233. The summed E-state index contributed by atoms with van der Waals surface area (Å²) in [7, 11) is -3.53. The number of amides is 1. The van der Waals surface area contributed by atoms with Crippen molar-refractivity contribution in [2.45, 2.75) is 35.1 Å². The molecule has 4 rings (SSSR count). The highest BCUT2D eigenvalue weighted by Crippen LogP contribution is 2.26. The highest BCUT2D eigenvalue weighted by Gasteiger charge is 2.30. The predicted octanol–water partition coefficient (Wildman–Crippen LogP) is 2.06. The van der Waals surface area contributed by atoms with E-state index in [1.54, 1.807) is 29.2 Å². The molecule has 2 aliphatic heterocycles. The molecular formula is C20H27N5O4S3. The topological polar surface area (TPSA) is 105 Å². The van der Waals surface area contributed by atoms with E-state index in [0.717, 1.165) is 34.5 Å². The summed E-state index contributed by atoms with van der Waals surface area (Å²) in [5.41, 5.74) is 1.01. The fourth-order valence-corrected chi connectivity index (χ4v) is 6.68. The lowest BCUT2D eigenvalue weighted by molar-refractivity contribution is -0.129. The number of aryl methyl sites for hydroxylation is 1. The average molecular weight is 498 g/mol. The zero-order chi connectivity index (χ0) is 22.6. The van der Waals surface area contributed by atoms with Crippen molar-refractivity contribution in [1.82, 2.24) is 19.4 Å². The third kappa shape index (κ3) is 5.79. The van der Waals surface area contributed by atoms with Gasteiger partial charge in [0.2, 0.25) is 21.1 Å². The van der Waals surface area contributed by atoms with Crippen molar-refractivity contribution >= 4 is 44.2 Å². The Labute approximate surface area is 196 Å². The Hall–Kier alpha value is -1.73. The number of carbonyl (C=O) groups excluding carboxylic acids is 1. The van der Waals surface area contributed by atoms with Crippen molar-refractivity contribution in [2.24, 2.45) is 0 Å². The molecule has 2 fully saturated rings. The van der Waals surface area contributed by atoms with Gasteiger partial charge in [-0.2, -0.15) is 4.31 Å². The maximum Gasteiger partial charge on any atom is 0.243 e.